The number of amides is 1. The number of hydrogen-bond donors (Lipinski definition) is 0. The van der Waals surface area contributed by atoms with Gasteiger partial charge in [0.05, 0.1) is 23.7 Å². The fourth-order valence-electron chi connectivity index (χ4n) is 3.70. The minimum Gasteiger partial charge on any atom is -0.338 e. The van der Waals surface area contributed by atoms with Crippen molar-refractivity contribution in [3.63, 3.8) is 0 Å². The molecule has 2 aliphatic heterocycles. The molecule has 0 radical (unpaired) electrons. The van der Waals surface area contributed by atoms with Gasteiger partial charge in [0.15, 0.2) is 0 Å². The summed E-state index contributed by atoms with van der Waals surface area (Å²) < 4.78 is 3.86. The van der Waals surface area contributed by atoms with Crippen LogP contribution in [0.25, 0.3) is 0 Å². The lowest BCUT2D eigenvalue weighted by Crippen LogP contribution is -2.30. The van der Waals surface area contributed by atoms with E-state index in [2.05, 4.69) is 22.3 Å². The summed E-state index contributed by atoms with van der Waals surface area (Å²) >= 11 is 0. The Labute approximate surface area is 135 Å². The summed E-state index contributed by atoms with van der Waals surface area (Å²) in [5.41, 5.74) is 1.92. The maximum atomic E-state index is 12.9. The van der Waals surface area contributed by atoms with E-state index in [-0.39, 0.29) is 5.91 Å². The molecule has 122 valence electrons. The van der Waals surface area contributed by atoms with E-state index in [1.165, 1.54) is 0 Å². The molecule has 2 atom stereocenters. The molecule has 0 aromatic carbocycles. The van der Waals surface area contributed by atoms with Gasteiger partial charge in [0.2, 0.25) is 0 Å². The molecule has 7 nitrogen and oxygen atoms in total. The number of hydrogen-bond acceptors (Lipinski definition) is 4. The van der Waals surface area contributed by atoms with Crippen LogP contribution in [0.15, 0.2) is 18.6 Å². The normalized spacial score (nSPS) is 24.0. The van der Waals surface area contributed by atoms with Crippen molar-refractivity contribution in [1.29, 1.82) is 0 Å². The molecule has 0 aliphatic carbocycles. The first kappa shape index (κ1) is 14.4. The fraction of sp³-hybridized carbons (Fsp3) is 0.625. The van der Waals surface area contributed by atoms with Gasteiger partial charge < -0.3 is 4.90 Å². The average Bonchev–Trinajstić information content (AvgIpc) is 3.27. The Morgan fingerprint density at radius 1 is 1.35 bits per heavy atom. The van der Waals surface area contributed by atoms with Crippen molar-refractivity contribution in [1.82, 2.24) is 29.7 Å². The molecule has 0 bridgehead atoms. The van der Waals surface area contributed by atoms with E-state index in [0.29, 0.717) is 11.8 Å². The molecule has 2 unspecified atom stereocenters. The zero-order chi connectivity index (χ0) is 15.8. The summed E-state index contributed by atoms with van der Waals surface area (Å²) in [4.78, 5) is 14.8. The van der Waals surface area contributed by atoms with Crippen LogP contribution in [0.5, 0.6) is 0 Å². The Kier molecular flexibility index (Phi) is 3.63. The van der Waals surface area contributed by atoms with E-state index in [0.717, 1.165) is 56.7 Å². The van der Waals surface area contributed by atoms with Crippen LogP contribution in [0.4, 0.5) is 0 Å². The second kappa shape index (κ2) is 5.79. The van der Waals surface area contributed by atoms with Gasteiger partial charge in [-0.1, -0.05) is 12.1 Å². The molecule has 2 aromatic rings. The molecule has 1 amide bonds. The lowest BCUT2D eigenvalue weighted by molar-refractivity contribution is 0.0783. The zero-order valence-corrected chi connectivity index (χ0v) is 13.4. The average molecular weight is 314 g/mol. The van der Waals surface area contributed by atoms with Gasteiger partial charge in [-0.25, -0.2) is 0 Å². The lowest BCUT2D eigenvalue weighted by atomic mass is 9.96. The first-order valence-corrected chi connectivity index (χ1v) is 8.38. The first-order chi connectivity index (χ1) is 11.2. The van der Waals surface area contributed by atoms with Gasteiger partial charge in [-0.15, -0.1) is 5.10 Å². The smallest absolute Gasteiger partial charge is 0.257 e. The molecule has 2 aliphatic rings. The predicted molar refractivity (Wildman–Crippen MR) is 83.7 cm³/mol. The zero-order valence-electron chi connectivity index (χ0n) is 13.4. The molecular formula is C16H22N6O. The third-order valence-electron chi connectivity index (χ3n) is 5.04. The van der Waals surface area contributed by atoms with Gasteiger partial charge >= 0.3 is 0 Å². The van der Waals surface area contributed by atoms with E-state index < -0.39 is 0 Å². The van der Waals surface area contributed by atoms with Crippen molar-refractivity contribution in [3.05, 3.63) is 29.8 Å². The first-order valence-electron chi connectivity index (χ1n) is 8.38. The van der Waals surface area contributed by atoms with Gasteiger partial charge in [0.1, 0.15) is 0 Å². The minimum absolute atomic E-state index is 0.140. The highest BCUT2D eigenvalue weighted by molar-refractivity contribution is 5.95. The molecular weight excluding hydrogens is 292 g/mol. The lowest BCUT2D eigenvalue weighted by Gasteiger charge is -2.22. The van der Waals surface area contributed by atoms with E-state index in [4.69, 9.17) is 0 Å². The molecule has 0 spiro atoms. The van der Waals surface area contributed by atoms with Crippen LogP contribution in [-0.2, 0) is 19.5 Å². The Morgan fingerprint density at radius 2 is 2.26 bits per heavy atom. The number of nitrogens with zero attached hydrogens (tertiary/aromatic N) is 6. The van der Waals surface area contributed by atoms with Gasteiger partial charge in [-0.2, -0.15) is 5.10 Å². The molecule has 2 aromatic heterocycles. The minimum atomic E-state index is 0.140. The van der Waals surface area contributed by atoms with Crippen molar-refractivity contribution < 1.29 is 4.79 Å². The van der Waals surface area contributed by atoms with Crippen LogP contribution < -0.4 is 0 Å². The topological polar surface area (TPSA) is 68.8 Å². The quantitative estimate of drug-likeness (QED) is 0.854. The molecule has 23 heavy (non-hydrogen) atoms. The third-order valence-corrected chi connectivity index (χ3v) is 5.04. The van der Waals surface area contributed by atoms with Crippen molar-refractivity contribution in [2.45, 2.75) is 39.3 Å². The maximum absolute atomic E-state index is 12.9. The number of aromatic nitrogens is 5. The molecule has 0 N–H and O–H groups in total. The summed E-state index contributed by atoms with van der Waals surface area (Å²) in [5.74, 6) is 1.22. The molecule has 4 heterocycles. The highest BCUT2D eigenvalue weighted by Crippen LogP contribution is 2.26. The maximum Gasteiger partial charge on any atom is 0.257 e. The van der Waals surface area contributed by atoms with Gasteiger partial charge in [-0.05, 0) is 31.1 Å². The van der Waals surface area contributed by atoms with Crippen LogP contribution in [0.1, 0.15) is 35.8 Å². The Morgan fingerprint density at radius 3 is 3.09 bits per heavy atom. The van der Waals surface area contributed by atoms with Crippen LogP contribution >= 0.6 is 0 Å². The van der Waals surface area contributed by atoms with Crippen LogP contribution in [0.3, 0.4) is 0 Å². The monoisotopic (exact) mass is 314 g/mol. The van der Waals surface area contributed by atoms with Gasteiger partial charge in [-0.3, -0.25) is 14.2 Å². The second-order valence-electron chi connectivity index (χ2n) is 6.86. The molecule has 7 heteroatoms. The van der Waals surface area contributed by atoms with Gasteiger partial charge in [0.25, 0.3) is 5.91 Å². The number of carbonyl (C=O) groups is 1. The number of likely N-dealkylation sites (tertiary alicyclic amines) is 1. The molecule has 1 saturated heterocycles. The van der Waals surface area contributed by atoms with E-state index >= 15 is 0 Å². The van der Waals surface area contributed by atoms with Crippen LogP contribution in [0, 0.1) is 11.8 Å². The summed E-state index contributed by atoms with van der Waals surface area (Å²) in [6, 6.07) is 0. The van der Waals surface area contributed by atoms with Crippen molar-refractivity contribution in [2.75, 3.05) is 13.1 Å². The SMILES string of the molecule is CC1CCn2ncc(C(=O)N3CCC(Cn4ccnn4)C3)c2C1. The van der Waals surface area contributed by atoms with Crippen LogP contribution in [-0.4, -0.2) is 48.7 Å². The Hall–Kier alpha value is -2.18. The summed E-state index contributed by atoms with van der Waals surface area (Å²) in [7, 11) is 0. The van der Waals surface area contributed by atoms with E-state index in [9.17, 15) is 4.79 Å². The van der Waals surface area contributed by atoms with Gasteiger partial charge in [0, 0.05) is 32.4 Å². The molecule has 1 fully saturated rings. The van der Waals surface area contributed by atoms with Crippen molar-refractivity contribution >= 4 is 5.91 Å². The fourth-order valence-corrected chi connectivity index (χ4v) is 3.70. The predicted octanol–water partition coefficient (Wildman–Crippen LogP) is 1.22. The van der Waals surface area contributed by atoms with E-state index in [1.54, 1.807) is 12.4 Å². The third kappa shape index (κ3) is 2.75. The van der Waals surface area contributed by atoms with Crippen molar-refractivity contribution in [3.8, 4) is 0 Å². The highest BCUT2D eigenvalue weighted by Gasteiger charge is 2.31. The number of carbonyl (C=O) groups excluding carboxylic acids is 1. The Bertz CT molecular complexity index is 691. The summed E-state index contributed by atoms with van der Waals surface area (Å²) in [5, 5.41) is 12.3. The number of fused-ring (bicyclic) bond motifs is 1. The van der Waals surface area contributed by atoms with Crippen LogP contribution in [0.2, 0.25) is 0 Å². The van der Waals surface area contributed by atoms with Crippen molar-refractivity contribution in [2.24, 2.45) is 11.8 Å². The largest absolute Gasteiger partial charge is 0.338 e. The standard InChI is InChI=1S/C16H22N6O/c1-12-2-6-22-15(8-12)14(9-18-22)16(23)20-5-3-13(10-20)11-21-7-4-17-19-21/h4,7,9,12-13H,2-3,5-6,8,10-11H2,1H3. The summed E-state index contributed by atoms with van der Waals surface area (Å²) in [6.07, 6.45) is 8.45. The number of aryl methyl sites for hydroxylation is 1. The van der Waals surface area contributed by atoms with E-state index in [1.807, 2.05) is 20.5 Å². The Balaban J connectivity index is 1.45. The molecule has 0 saturated carbocycles. The molecule has 4 rings (SSSR count). The number of rotatable bonds is 3. The summed E-state index contributed by atoms with van der Waals surface area (Å²) in [6.45, 7) is 5.61. The highest BCUT2D eigenvalue weighted by atomic mass is 16.2. The second-order valence-corrected chi connectivity index (χ2v) is 6.86.